The van der Waals surface area contributed by atoms with Gasteiger partial charge in [0.25, 0.3) is 0 Å². The van der Waals surface area contributed by atoms with Crippen LogP contribution in [0.2, 0.25) is 0 Å². The Balaban J connectivity index is 1.91. The molecule has 1 aliphatic rings. The molecule has 0 unspecified atom stereocenters. The molecule has 1 rings (SSSR count). The highest BCUT2D eigenvalue weighted by atomic mass is 32.2. The smallest absolute Gasteiger partial charge is 0.0541 e. The van der Waals surface area contributed by atoms with E-state index in [0.29, 0.717) is 6.04 Å². The van der Waals surface area contributed by atoms with Crippen molar-refractivity contribution in [3.63, 3.8) is 0 Å². The second-order valence-electron chi connectivity index (χ2n) is 4.01. The molecule has 0 atom stereocenters. The molecule has 0 bridgehead atoms. The van der Waals surface area contributed by atoms with Gasteiger partial charge in [0.1, 0.15) is 0 Å². The summed E-state index contributed by atoms with van der Waals surface area (Å²) in [5.74, 6) is 2.51. The molecular formula is C11H23NOS. The number of thioether (sulfide) groups is 1. The van der Waals surface area contributed by atoms with Crippen LogP contribution in [0.15, 0.2) is 0 Å². The Kier molecular flexibility index (Phi) is 6.65. The molecule has 0 aromatic heterocycles. The first-order chi connectivity index (χ1) is 6.83. The molecule has 2 N–H and O–H groups in total. The van der Waals surface area contributed by atoms with Crippen LogP contribution < -0.4 is 5.32 Å². The first kappa shape index (κ1) is 12.3. The molecule has 0 radical (unpaired) electrons. The minimum atomic E-state index is -0.0244. The summed E-state index contributed by atoms with van der Waals surface area (Å²) < 4.78 is 0. The lowest BCUT2D eigenvalue weighted by Crippen LogP contribution is -2.35. The van der Waals surface area contributed by atoms with E-state index in [2.05, 4.69) is 12.2 Å². The molecular weight excluding hydrogens is 194 g/mol. The largest absolute Gasteiger partial charge is 0.393 e. The number of hydrogen-bond acceptors (Lipinski definition) is 3. The normalized spacial score (nSPS) is 27.9. The van der Waals surface area contributed by atoms with E-state index in [1.165, 1.54) is 17.9 Å². The number of rotatable bonds is 6. The highest BCUT2D eigenvalue weighted by Crippen LogP contribution is 2.18. The summed E-state index contributed by atoms with van der Waals surface area (Å²) in [6.07, 6.45) is 5.54. The van der Waals surface area contributed by atoms with Gasteiger partial charge in [0.15, 0.2) is 0 Å². The lowest BCUT2D eigenvalue weighted by molar-refractivity contribution is 0.117. The third-order valence-corrected chi connectivity index (χ3v) is 3.78. The zero-order valence-electron chi connectivity index (χ0n) is 9.17. The molecule has 1 fully saturated rings. The molecule has 0 heterocycles. The van der Waals surface area contributed by atoms with Crippen molar-refractivity contribution in [2.45, 2.75) is 51.2 Å². The summed E-state index contributed by atoms with van der Waals surface area (Å²) in [4.78, 5) is 0. The van der Waals surface area contributed by atoms with Crippen LogP contribution in [0.3, 0.4) is 0 Å². The van der Waals surface area contributed by atoms with Crippen molar-refractivity contribution in [1.82, 2.24) is 5.32 Å². The molecule has 0 spiro atoms. The average Bonchev–Trinajstić information content (AvgIpc) is 2.21. The van der Waals surface area contributed by atoms with Gasteiger partial charge in [-0.15, -0.1) is 0 Å². The second kappa shape index (κ2) is 7.55. The van der Waals surface area contributed by atoms with E-state index in [0.717, 1.165) is 32.2 Å². The minimum absolute atomic E-state index is 0.0244. The van der Waals surface area contributed by atoms with Gasteiger partial charge in [0, 0.05) is 6.04 Å². The van der Waals surface area contributed by atoms with Gasteiger partial charge in [-0.1, -0.05) is 6.92 Å². The quantitative estimate of drug-likeness (QED) is 0.668. The van der Waals surface area contributed by atoms with Gasteiger partial charge in [-0.3, -0.25) is 0 Å². The Morgan fingerprint density at radius 3 is 2.64 bits per heavy atom. The van der Waals surface area contributed by atoms with E-state index < -0.39 is 0 Å². The van der Waals surface area contributed by atoms with Gasteiger partial charge in [-0.2, -0.15) is 11.8 Å². The lowest BCUT2D eigenvalue weighted by Gasteiger charge is -2.26. The Hall–Kier alpha value is 0.270. The van der Waals surface area contributed by atoms with Gasteiger partial charge >= 0.3 is 0 Å². The van der Waals surface area contributed by atoms with Crippen molar-refractivity contribution in [3.8, 4) is 0 Å². The molecule has 3 heteroatoms. The first-order valence-electron chi connectivity index (χ1n) is 5.82. The van der Waals surface area contributed by atoms with Crippen molar-refractivity contribution in [2.75, 3.05) is 18.1 Å². The lowest BCUT2D eigenvalue weighted by atomic mass is 9.93. The van der Waals surface area contributed by atoms with Gasteiger partial charge in [0.05, 0.1) is 6.10 Å². The predicted octanol–water partition coefficient (Wildman–Crippen LogP) is 2.02. The predicted molar refractivity (Wildman–Crippen MR) is 63.9 cm³/mol. The first-order valence-corrected chi connectivity index (χ1v) is 6.97. The third-order valence-electron chi connectivity index (χ3n) is 2.80. The standard InChI is InChI=1S/C11H23NOS/c1-2-14-9-3-8-12-10-4-6-11(13)7-5-10/h10-13H,2-9H2,1H3. The van der Waals surface area contributed by atoms with Crippen LogP contribution >= 0.6 is 11.8 Å². The maximum absolute atomic E-state index is 9.34. The van der Waals surface area contributed by atoms with E-state index in [1.54, 1.807) is 0 Å². The van der Waals surface area contributed by atoms with E-state index >= 15 is 0 Å². The molecule has 0 aliphatic heterocycles. The molecule has 0 amide bonds. The fraction of sp³-hybridized carbons (Fsp3) is 1.00. The van der Waals surface area contributed by atoms with Gasteiger partial charge < -0.3 is 10.4 Å². The highest BCUT2D eigenvalue weighted by molar-refractivity contribution is 7.99. The minimum Gasteiger partial charge on any atom is -0.393 e. The van der Waals surface area contributed by atoms with Crippen LogP contribution in [0.4, 0.5) is 0 Å². The van der Waals surface area contributed by atoms with Gasteiger partial charge in [-0.25, -0.2) is 0 Å². The highest BCUT2D eigenvalue weighted by Gasteiger charge is 2.18. The van der Waals surface area contributed by atoms with Crippen molar-refractivity contribution in [1.29, 1.82) is 0 Å². The Morgan fingerprint density at radius 1 is 1.29 bits per heavy atom. The summed E-state index contributed by atoms with van der Waals surface area (Å²) in [5.41, 5.74) is 0. The molecule has 1 aliphatic carbocycles. The molecule has 0 aromatic rings. The van der Waals surface area contributed by atoms with Crippen molar-refractivity contribution >= 4 is 11.8 Å². The molecule has 2 nitrogen and oxygen atoms in total. The van der Waals surface area contributed by atoms with Gasteiger partial charge in [0.2, 0.25) is 0 Å². The summed E-state index contributed by atoms with van der Waals surface area (Å²) >= 11 is 2.02. The monoisotopic (exact) mass is 217 g/mol. The summed E-state index contributed by atoms with van der Waals surface area (Å²) in [7, 11) is 0. The average molecular weight is 217 g/mol. The van der Waals surface area contributed by atoms with Crippen molar-refractivity contribution in [2.24, 2.45) is 0 Å². The zero-order valence-corrected chi connectivity index (χ0v) is 9.98. The molecule has 14 heavy (non-hydrogen) atoms. The summed E-state index contributed by atoms with van der Waals surface area (Å²) in [6, 6.07) is 0.671. The third kappa shape index (κ3) is 5.23. The molecule has 1 saturated carbocycles. The Bertz CT molecular complexity index is 135. The molecule has 84 valence electrons. The fourth-order valence-electron chi connectivity index (χ4n) is 1.90. The van der Waals surface area contributed by atoms with Crippen LogP contribution in [0.1, 0.15) is 39.0 Å². The summed E-state index contributed by atoms with van der Waals surface area (Å²) in [5, 5.41) is 12.9. The number of aliphatic hydroxyl groups excluding tert-OH is 1. The van der Waals surface area contributed by atoms with Crippen LogP contribution in [-0.4, -0.2) is 35.3 Å². The topological polar surface area (TPSA) is 32.3 Å². The Labute approximate surface area is 91.9 Å². The molecule has 0 aromatic carbocycles. The van der Waals surface area contributed by atoms with E-state index in [4.69, 9.17) is 0 Å². The number of aliphatic hydroxyl groups is 1. The Morgan fingerprint density at radius 2 is 2.00 bits per heavy atom. The zero-order chi connectivity index (χ0) is 10.2. The second-order valence-corrected chi connectivity index (χ2v) is 5.40. The SMILES string of the molecule is CCSCCCNC1CCC(O)CC1. The van der Waals surface area contributed by atoms with Crippen molar-refractivity contribution in [3.05, 3.63) is 0 Å². The fourth-order valence-corrected chi connectivity index (χ4v) is 2.54. The maximum Gasteiger partial charge on any atom is 0.0541 e. The van der Waals surface area contributed by atoms with Crippen LogP contribution in [0.5, 0.6) is 0 Å². The summed E-state index contributed by atoms with van der Waals surface area (Å²) in [6.45, 7) is 3.36. The van der Waals surface area contributed by atoms with Crippen LogP contribution in [-0.2, 0) is 0 Å². The number of nitrogens with one attached hydrogen (secondary N) is 1. The van der Waals surface area contributed by atoms with E-state index in [1.807, 2.05) is 11.8 Å². The van der Waals surface area contributed by atoms with Crippen LogP contribution in [0.25, 0.3) is 0 Å². The van der Waals surface area contributed by atoms with E-state index in [9.17, 15) is 5.11 Å². The van der Waals surface area contributed by atoms with Gasteiger partial charge in [-0.05, 0) is 50.2 Å². The maximum atomic E-state index is 9.34. The van der Waals surface area contributed by atoms with E-state index in [-0.39, 0.29) is 6.10 Å². The van der Waals surface area contributed by atoms with Crippen LogP contribution in [0, 0.1) is 0 Å². The number of hydrogen-bond donors (Lipinski definition) is 2. The van der Waals surface area contributed by atoms with Crippen molar-refractivity contribution < 1.29 is 5.11 Å². The molecule has 0 saturated heterocycles.